The van der Waals surface area contributed by atoms with Crippen LogP contribution in [0, 0.1) is 32.5 Å². The molecule has 2 aliphatic rings. The van der Waals surface area contributed by atoms with Gasteiger partial charge < -0.3 is 10.6 Å². The molecule has 0 bridgehead atoms. The van der Waals surface area contributed by atoms with E-state index < -0.39 is 26.9 Å². The van der Waals surface area contributed by atoms with Crippen molar-refractivity contribution in [3.05, 3.63) is 85.1 Å². The van der Waals surface area contributed by atoms with Crippen LogP contribution in [0.4, 0.5) is 4.39 Å². The van der Waals surface area contributed by atoms with E-state index in [1.165, 1.54) is 12.1 Å². The predicted molar refractivity (Wildman–Crippen MR) is 138 cm³/mol. The molecule has 8 heteroatoms. The van der Waals surface area contributed by atoms with E-state index in [-0.39, 0.29) is 11.7 Å². The topological polar surface area (TPSA) is 74.4 Å². The Morgan fingerprint density at radius 2 is 1.44 bits per heavy atom. The van der Waals surface area contributed by atoms with Gasteiger partial charge in [0.2, 0.25) is 0 Å². The summed E-state index contributed by atoms with van der Waals surface area (Å²) < 4.78 is 47.3. The van der Waals surface area contributed by atoms with Gasteiger partial charge in [0, 0.05) is 0 Å². The van der Waals surface area contributed by atoms with E-state index in [1.807, 2.05) is 39.8 Å². The summed E-state index contributed by atoms with van der Waals surface area (Å²) in [6, 6.07) is 8.52. The fraction of sp³-hybridized carbons (Fsp3) is 0.385. The maximum Gasteiger partial charge on any atom is -0.162 e. The Hall–Kier alpha value is -1.61. The van der Waals surface area contributed by atoms with Gasteiger partial charge in [-0.15, -0.1) is 0 Å². The summed E-state index contributed by atoms with van der Waals surface area (Å²) in [7, 11) is 3.25. The van der Waals surface area contributed by atoms with Gasteiger partial charge in [-0.05, 0) is 0 Å². The number of nitrogens with zero attached hydrogens (tertiary/aromatic N) is 2. The molecule has 0 radical (unpaired) electrons. The minimum absolute atomic E-state index is 0.151. The first-order valence-corrected chi connectivity index (χ1v) is 15.8. The van der Waals surface area contributed by atoms with Crippen LogP contribution in [0.15, 0.2) is 56.8 Å². The first kappa shape index (κ1) is 28.6. The molecule has 0 amide bonds. The first-order valence-electron chi connectivity index (χ1n) is 11.2. The molecule has 2 aromatic rings. The van der Waals surface area contributed by atoms with E-state index in [0.29, 0.717) is 4.90 Å². The van der Waals surface area contributed by atoms with Crippen molar-refractivity contribution in [1.29, 1.82) is 0 Å². The molecule has 2 aromatic carbocycles. The Morgan fingerprint density at radius 1 is 0.912 bits per heavy atom. The number of rotatable bonds is 4. The molecule has 1 heterocycles. The minimum Gasteiger partial charge on any atom is -0.668 e. The molecule has 0 spiro atoms. The standard InChI is InChI=1S/C9H12NO2S.C7H9.C6H3F.2C2H6N.Ti/c1-6-4-7(2)9(8(3)5-6)13(10,11)12;1-6-3-4-7(2)5-6;7-6-4-2-1-3-5-6;2*1-3-2;/h4-5H,1-3H3,(H-,10,11,12);3-4,6H,1-2H3;2,4-5H;2*1-2H3;/q-1;;;2*-1;+3. The van der Waals surface area contributed by atoms with Crippen LogP contribution in [0.2, 0.25) is 0 Å². The summed E-state index contributed by atoms with van der Waals surface area (Å²) in [5, 5.41) is 7.00. The summed E-state index contributed by atoms with van der Waals surface area (Å²) in [5.74, 6) is -0.164. The van der Waals surface area contributed by atoms with E-state index in [4.69, 9.17) is 0 Å². The average Bonchev–Trinajstić information content (AvgIpc) is 3.15. The number of fused-ring (bicyclic) bond motifs is 1. The smallest absolute Gasteiger partial charge is 0.162 e. The fourth-order valence-corrected chi connectivity index (χ4v) is 16.9. The Balaban J connectivity index is 0.000000618. The zero-order valence-electron chi connectivity index (χ0n) is 21.6. The van der Waals surface area contributed by atoms with Crippen LogP contribution < -0.4 is 10.9 Å². The molecule has 2 atom stereocenters. The molecule has 5 nitrogen and oxygen atoms in total. The number of nitrogens with one attached hydrogen (secondary N) is 1. The van der Waals surface area contributed by atoms with Crippen molar-refractivity contribution in [1.82, 2.24) is 3.20 Å². The van der Waals surface area contributed by atoms with Crippen molar-refractivity contribution >= 4 is 17.8 Å². The second-order valence-electron chi connectivity index (χ2n) is 8.91. The predicted octanol–water partition coefficient (Wildman–Crippen LogP) is 4.78. The third kappa shape index (κ3) is 5.61. The normalized spacial score (nSPS) is 18.4. The molecular weight excluding hydrogens is 485 g/mol. The van der Waals surface area contributed by atoms with Crippen molar-refractivity contribution in [3.63, 3.8) is 0 Å². The largest absolute Gasteiger partial charge is 0.668 e. The van der Waals surface area contributed by atoms with Crippen molar-refractivity contribution in [2.24, 2.45) is 5.92 Å². The summed E-state index contributed by atoms with van der Waals surface area (Å²) >= 11 is -3.51. The Kier molecular flexibility index (Phi) is 9.62. The number of sulfonamides is 1. The second kappa shape index (κ2) is 11.4. The van der Waals surface area contributed by atoms with Crippen molar-refractivity contribution < 1.29 is 29.7 Å². The molecular formula is C26H36FN3O2STi. The Morgan fingerprint density at radius 3 is 1.88 bits per heavy atom. The van der Waals surface area contributed by atoms with E-state index in [9.17, 15) is 12.8 Å². The molecule has 0 saturated heterocycles. The molecule has 1 N–H and O–H groups in total. The van der Waals surface area contributed by atoms with Crippen LogP contribution in [0.25, 0.3) is 10.6 Å². The van der Waals surface area contributed by atoms with E-state index in [1.54, 1.807) is 34.3 Å². The summed E-state index contributed by atoms with van der Waals surface area (Å²) in [4.78, 5) is 0.346. The number of aryl methyl sites for hydroxylation is 3. The molecule has 0 aromatic heterocycles. The van der Waals surface area contributed by atoms with E-state index in [2.05, 4.69) is 32.9 Å². The second-order valence-corrected chi connectivity index (χ2v) is 16.4. The van der Waals surface area contributed by atoms with Crippen LogP contribution in [0.1, 0.15) is 30.5 Å². The van der Waals surface area contributed by atoms with Crippen LogP contribution in [-0.4, -0.2) is 36.6 Å². The number of hydrogen-bond donors (Lipinski definition) is 1. The molecule has 1 aliphatic heterocycles. The molecule has 0 saturated carbocycles. The SMILES string of the molecule is CC1=[C]([Ti+2]2([NH]S(=O)(=O)c3c(C)cc(C)cc3C)[c]3ccc(F)c[c]32)C(C)C=C1.C[N-]C.C[N-]C. The average molecular weight is 522 g/mol. The quantitative estimate of drug-likeness (QED) is 0.588. The van der Waals surface area contributed by atoms with Crippen LogP contribution in [-0.2, 0) is 26.9 Å². The number of benzene rings is 2. The molecule has 2 unspecified atom stereocenters. The summed E-state index contributed by atoms with van der Waals surface area (Å²) in [6.07, 6.45) is 4.16. The number of halogens is 1. The van der Waals surface area contributed by atoms with Gasteiger partial charge >= 0.3 is 170 Å². The van der Waals surface area contributed by atoms with Crippen LogP contribution >= 0.6 is 0 Å². The van der Waals surface area contributed by atoms with Crippen LogP contribution in [0.5, 0.6) is 0 Å². The van der Waals surface area contributed by atoms with Crippen molar-refractivity contribution in [2.75, 3.05) is 28.2 Å². The van der Waals surface area contributed by atoms with Crippen LogP contribution in [0.3, 0.4) is 0 Å². The van der Waals surface area contributed by atoms with E-state index in [0.717, 1.165) is 33.9 Å². The monoisotopic (exact) mass is 521 g/mol. The molecule has 1 aliphatic carbocycles. The van der Waals surface area contributed by atoms with Gasteiger partial charge in [0.15, 0.2) is 0 Å². The van der Waals surface area contributed by atoms with Crippen molar-refractivity contribution in [3.8, 4) is 0 Å². The van der Waals surface area contributed by atoms with Gasteiger partial charge in [0.1, 0.15) is 0 Å². The maximum absolute atomic E-state index is 14.0. The zero-order chi connectivity index (χ0) is 25.8. The van der Waals surface area contributed by atoms with Gasteiger partial charge in [-0.25, -0.2) is 0 Å². The number of hydrogen-bond acceptors (Lipinski definition) is 2. The summed E-state index contributed by atoms with van der Waals surface area (Å²) in [5.41, 5.74) is 3.61. The van der Waals surface area contributed by atoms with Gasteiger partial charge in [0.05, 0.1) is 0 Å². The number of allylic oxidation sites excluding steroid dienone is 4. The third-order valence-electron chi connectivity index (χ3n) is 5.81. The Labute approximate surface area is 208 Å². The Bertz CT molecular complexity index is 1200. The summed E-state index contributed by atoms with van der Waals surface area (Å²) in [6.45, 7) is 9.73. The zero-order valence-corrected chi connectivity index (χ0v) is 24.0. The van der Waals surface area contributed by atoms with E-state index >= 15 is 0 Å². The van der Waals surface area contributed by atoms with Gasteiger partial charge in [-0.3, -0.25) is 0 Å². The minimum atomic E-state index is -3.75. The maximum atomic E-state index is 14.0. The van der Waals surface area contributed by atoms with Gasteiger partial charge in [-0.1, -0.05) is 0 Å². The molecule has 184 valence electrons. The van der Waals surface area contributed by atoms with Gasteiger partial charge in [-0.2, -0.15) is 28.2 Å². The fourth-order valence-electron chi connectivity index (χ4n) is 4.84. The molecule has 4 rings (SSSR count). The third-order valence-corrected chi connectivity index (χ3v) is 16.3. The molecule has 0 fully saturated rings. The van der Waals surface area contributed by atoms with Crippen molar-refractivity contribution in [2.45, 2.75) is 39.5 Å². The molecule has 34 heavy (non-hydrogen) atoms. The first-order chi connectivity index (χ1) is 15.9. The van der Waals surface area contributed by atoms with Gasteiger partial charge in [0.25, 0.3) is 0 Å².